The number of ether oxygens (including phenoxy) is 2. The standard InChI is InChI=1S/C15H18N2O4S/c1-11(13-6-4-5-9-16-13)17-22(18,19)15-10-12(20-2)7-8-14(15)21-3/h4-11,17H,1-3H3. The van der Waals surface area contributed by atoms with Crippen molar-refractivity contribution in [3.8, 4) is 11.5 Å². The van der Waals surface area contributed by atoms with E-state index in [-0.39, 0.29) is 10.6 Å². The van der Waals surface area contributed by atoms with Gasteiger partial charge >= 0.3 is 0 Å². The molecule has 1 heterocycles. The van der Waals surface area contributed by atoms with Crippen LogP contribution in [0.3, 0.4) is 0 Å². The lowest BCUT2D eigenvalue weighted by Gasteiger charge is -2.16. The molecule has 1 unspecified atom stereocenters. The molecule has 6 nitrogen and oxygen atoms in total. The second-order valence-electron chi connectivity index (χ2n) is 4.61. The Hall–Kier alpha value is -2.12. The van der Waals surface area contributed by atoms with Gasteiger partial charge in [-0.05, 0) is 31.2 Å². The van der Waals surface area contributed by atoms with E-state index in [0.717, 1.165) is 0 Å². The van der Waals surface area contributed by atoms with E-state index >= 15 is 0 Å². The first-order chi connectivity index (χ1) is 10.5. The number of hydrogen-bond acceptors (Lipinski definition) is 5. The van der Waals surface area contributed by atoms with Crippen LogP contribution in [0.25, 0.3) is 0 Å². The second-order valence-corrected chi connectivity index (χ2v) is 6.30. The summed E-state index contributed by atoms with van der Waals surface area (Å²) in [6.07, 6.45) is 1.62. The van der Waals surface area contributed by atoms with Crippen molar-refractivity contribution >= 4 is 10.0 Å². The third kappa shape index (κ3) is 3.55. The summed E-state index contributed by atoms with van der Waals surface area (Å²) < 4.78 is 38.0. The minimum Gasteiger partial charge on any atom is -0.497 e. The first-order valence-electron chi connectivity index (χ1n) is 6.63. The van der Waals surface area contributed by atoms with Gasteiger partial charge in [-0.3, -0.25) is 4.98 Å². The largest absolute Gasteiger partial charge is 0.497 e. The number of aromatic nitrogens is 1. The molecule has 0 fully saturated rings. The van der Waals surface area contributed by atoms with E-state index in [1.807, 2.05) is 0 Å². The topological polar surface area (TPSA) is 77.5 Å². The van der Waals surface area contributed by atoms with Crippen LogP contribution in [0.4, 0.5) is 0 Å². The summed E-state index contributed by atoms with van der Waals surface area (Å²) in [5.41, 5.74) is 0.632. The minimum absolute atomic E-state index is 0.0251. The summed E-state index contributed by atoms with van der Waals surface area (Å²) in [7, 11) is -0.884. The first kappa shape index (κ1) is 16.3. The van der Waals surface area contributed by atoms with Crippen molar-refractivity contribution < 1.29 is 17.9 Å². The molecule has 118 valence electrons. The maximum absolute atomic E-state index is 12.6. The molecule has 7 heteroatoms. The number of pyridine rings is 1. The predicted octanol–water partition coefficient (Wildman–Crippen LogP) is 2.14. The molecular formula is C15H18N2O4S. The highest BCUT2D eigenvalue weighted by Gasteiger charge is 2.23. The molecule has 0 bridgehead atoms. The molecule has 2 rings (SSSR count). The molecule has 0 saturated carbocycles. The Morgan fingerprint density at radius 2 is 1.91 bits per heavy atom. The first-order valence-corrected chi connectivity index (χ1v) is 8.11. The van der Waals surface area contributed by atoms with Crippen molar-refractivity contribution in [3.63, 3.8) is 0 Å². The molecule has 0 spiro atoms. The van der Waals surface area contributed by atoms with Crippen molar-refractivity contribution in [1.82, 2.24) is 9.71 Å². The number of nitrogens with zero attached hydrogens (tertiary/aromatic N) is 1. The molecule has 1 N–H and O–H groups in total. The summed E-state index contributed by atoms with van der Waals surface area (Å²) in [5, 5.41) is 0. The average Bonchev–Trinajstić information content (AvgIpc) is 2.54. The molecule has 1 aromatic heterocycles. The Morgan fingerprint density at radius 1 is 1.14 bits per heavy atom. The molecule has 2 aromatic rings. The highest BCUT2D eigenvalue weighted by Crippen LogP contribution is 2.29. The summed E-state index contributed by atoms with van der Waals surface area (Å²) in [5.74, 6) is 0.688. The van der Waals surface area contributed by atoms with Crippen LogP contribution in [0.15, 0.2) is 47.5 Å². The summed E-state index contributed by atoms with van der Waals surface area (Å²) in [4.78, 5) is 4.18. The van der Waals surface area contributed by atoms with Gasteiger partial charge in [-0.15, -0.1) is 0 Å². The van der Waals surface area contributed by atoms with Gasteiger partial charge in [-0.25, -0.2) is 13.1 Å². The monoisotopic (exact) mass is 322 g/mol. The number of hydrogen-bond donors (Lipinski definition) is 1. The molecule has 0 radical (unpaired) electrons. The van der Waals surface area contributed by atoms with Gasteiger partial charge in [0, 0.05) is 12.3 Å². The third-order valence-corrected chi connectivity index (χ3v) is 4.69. The lowest BCUT2D eigenvalue weighted by atomic mass is 10.2. The van der Waals surface area contributed by atoms with Crippen molar-refractivity contribution in [2.45, 2.75) is 17.9 Å². The maximum atomic E-state index is 12.6. The molecule has 0 saturated heterocycles. The van der Waals surface area contributed by atoms with Crippen LogP contribution < -0.4 is 14.2 Å². The molecule has 0 aliphatic heterocycles. The van der Waals surface area contributed by atoms with Gasteiger partial charge in [0.25, 0.3) is 0 Å². The molecule has 1 atom stereocenters. The number of nitrogens with one attached hydrogen (secondary N) is 1. The van der Waals surface area contributed by atoms with E-state index in [4.69, 9.17) is 9.47 Å². The van der Waals surface area contributed by atoms with Gasteiger partial charge in [0.2, 0.25) is 10.0 Å². The van der Waals surface area contributed by atoms with Crippen LogP contribution >= 0.6 is 0 Å². The van der Waals surface area contributed by atoms with Crippen LogP contribution in [0, 0.1) is 0 Å². The summed E-state index contributed by atoms with van der Waals surface area (Å²) in [6, 6.07) is 9.48. The summed E-state index contributed by atoms with van der Waals surface area (Å²) in [6.45, 7) is 1.73. The van der Waals surface area contributed by atoms with Crippen LogP contribution in [0.5, 0.6) is 11.5 Å². The van der Waals surface area contributed by atoms with Gasteiger partial charge in [0.15, 0.2) is 0 Å². The zero-order valence-corrected chi connectivity index (χ0v) is 13.4. The number of methoxy groups -OCH3 is 2. The fourth-order valence-electron chi connectivity index (χ4n) is 1.98. The lowest BCUT2D eigenvalue weighted by molar-refractivity contribution is 0.391. The van der Waals surface area contributed by atoms with Crippen molar-refractivity contribution in [3.05, 3.63) is 48.3 Å². The van der Waals surface area contributed by atoms with E-state index in [1.165, 1.54) is 20.3 Å². The van der Waals surface area contributed by atoms with Crippen LogP contribution in [0.1, 0.15) is 18.7 Å². The van der Waals surface area contributed by atoms with Gasteiger partial charge in [0.05, 0.1) is 26.0 Å². The van der Waals surface area contributed by atoms with Crippen molar-refractivity contribution in [2.75, 3.05) is 14.2 Å². The van der Waals surface area contributed by atoms with E-state index in [2.05, 4.69) is 9.71 Å². The van der Waals surface area contributed by atoms with E-state index in [9.17, 15) is 8.42 Å². The number of sulfonamides is 1. The van der Waals surface area contributed by atoms with E-state index in [1.54, 1.807) is 43.5 Å². The van der Waals surface area contributed by atoms with Crippen molar-refractivity contribution in [1.29, 1.82) is 0 Å². The van der Waals surface area contributed by atoms with Gasteiger partial charge in [-0.2, -0.15) is 0 Å². The normalized spacial score (nSPS) is 12.7. The Bertz CT molecular complexity index is 732. The Morgan fingerprint density at radius 3 is 2.50 bits per heavy atom. The average molecular weight is 322 g/mol. The number of rotatable bonds is 6. The summed E-state index contributed by atoms with van der Waals surface area (Å²) >= 11 is 0. The van der Waals surface area contributed by atoms with Crippen LogP contribution in [-0.2, 0) is 10.0 Å². The second kappa shape index (κ2) is 6.76. The Balaban J connectivity index is 2.34. The Kier molecular flexibility index (Phi) is 4.99. The maximum Gasteiger partial charge on any atom is 0.244 e. The van der Waals surface area contributed by atoms with Crippen molar-refractivity contribution in [2.24, 2.45) is 0 Å². The van der Waals surface area contributed by atoms with Gasteiger partial charge in [-0.1, -0.05) is 6.07 Å². The molecule has 0 amide bonds. The highest BCUT2D eigenvalue weighted by molar-refractivity contribution is 7.89. The van der Waals surface area contributed by atoms with Crippen LogP contribution in [-0.4, -0.2) is 27.6 Å². The highest BCUT2D eigenvalue weighted by atomic mass is 32.2. The smallest absolute Gasteiger partial charge is 0.244 e. The minimum atomic E-state index is -3.78. The van der Waals surface area contributed by atoms with E-state index < -0.39 is 16.1 Å². The SMILES string of the molecule is COc1ccc(OC)c(S(=O)(=O)NC(C)c2ccccn2)c1. The molecule has 0 aliphatic rings. The molecule has 1 aromatic carbocycles. The van der Waals surface area contributed by atoms with Gasteiger partial charge in [0.1, 0.15) is 16.4 Å². The molecule has 0 aliphatic carbocycles. The fraction of sp³-hybridized carbons (Fsp3) is 0.267. The zero-order valence-electron chi connectivity index (χ0n) is 12.6. The van der Waals surface area contributed by atoms with Gasteiger partial charge < -0.3 is 9.47 Å². The fourth-order valence-corrected chi connectivity index (χ4v) is 3.38. The van der Waals surface area contributed by atoms with E-state index in [0.29, 0.717) is 11.4 Å². The quantitative estimate of drug-likeness (QED) is 0.881. The zero-order chi connectivity index (χ0) is 16.2. The predicted molar refractivity (Wildman–Crippen MR) is 82.5 cm³/mol. The third-order valence-electron chi connectivity index (χ3n) is 3.12. The number of benzene rings is 1. The lowest BCUT2D eigenvalue weighted by Crippen LogP contribution is -2.27. The molecular weight excluding hydrogens is 304 g/mol. The van der Waals surface area contributed by atoms with Crippen LogP contribution in [0.2, 0.25) is 0 Å². The Labute approximate surface area is 130 Å². The molecule has 22 heavy (non-hydrogen) atoms.